The monoisotopic (exact) mass is 295 g/mol. The Morgan fingerprint density at radius 2 is 1.86 bits per heavy atom. The van der Waals surface area contributed by atoms with Gasteiger partial charge < -0.3 is 19.1 Å². The van der Waals surface area contributed by atoms with Gasteiger partial charge in [0.05, 0.1) is 5.56 Å². The third-order valence-corrected chi connectivity index (χ3v) is 3.75. The number of fused-ring (bicyclic) bond motifs is 2. The van der Waals surface area contributed by atoms with E-state index in [9.17, 15) is 4.79 Å². The van der Waals surface area contributed by atoms with Crippen molar-refractivity contribution in [1.29, 1.82) is 0 Å². The molecule has 0 saturated carbocycles. The van der Waals surface area contributed by atoms with E-state index in [1.807, 2.05) is 41.2 Å². The van der Waals surface area contributed by atoms with Crippen molar-refractivity contribution in [2.45, 2.75) is 6.54 Å². The summed E-state index contributed by atoms with van der Waals surface area (Å²) in [4.78, 5) is 11.0. The van der Waals surface area contributed by atoms with Gasteiger partial charge in [-0.05, 0) is 35.2 Å². The molecule has 1 aliphatic heterocycles. The van der Waals surface area contributed by atoms with Crippen molar-refractivity contribution in [1.82, 2.24) is 4.57 Å². The van der Waals surface area contributed by atoms with Crippen LogP contribution in [0.2, 0.25) is 0 Å². The number of aromatic nitrogens is 1. The number of benzene rings is 2. The van der Waals surface area contributed by atoms with Gasteiger partial charge in [0, 0.05) is 24.3 Å². The van der Waals surface area contributed by atoms with E-state index in [1.54, 1.807) is 12.1 Å². The van der Waals surface area contributed by atoms with Crippen molar-refractivity contribution < 1.29 is 19.4 Å². The van der Waals surface area contributed by atoms with Crippen LogP contribution in [0.4, 0.5) is 0 Å². The van der Waals surface area contributed by atoms with Crippen LogP contribution in [0, 0.1) is 0 Å². The third-order valence-electron chi connectivity index (χ3n) is 3.75. The zero-order valence-corrected chi connectivity index (χ0v) is 11.7. The first kappa shape index (κ1) is 12.8. The van der Waals surface area contributed by atoms with Crippen molar-refractivity contribution in [2.75, 3.05) is 6.79 Å². The summed E-state index contributed by atoms with van der Waals surface area (Å²) in [5, 5.41) is 11.0. The van der Waals surface area contributed by atoms with E-state index in [0.29, 0.717) is 12.1 Å². The second-order valence-corrected chi connectivity index (χ2v) is 5.27. The Morgan fingerprint density at radius 1 is 1.05 bits per heavy atom. The second kappa shape index (κ2) is 4.80. The second-order valence-electron chi connectivity index (χ2n) is 5.27. The van der Waals surface area contributed by atoms with Gasteiger partial charge in [-0.15, -0.1) is 0 Å². The van der Waals surface area contributed by atoms with Gasteiger partial charge in [-0.2, -0.15) is 0 Å². The average Bonchev–Trinajstić information content (AvgIpc) is 3.11. The van der Waals surface area contributed by atoms with Crippen LogP contribution < -0.4 is 9.47 Å². The van der Waals surface area contributed by atoms with Crippen LogP contribution >= 0.6 is 0 Å². The molecule has 3 aromatic rings. The minimum Gasteiger partial charge on any atom is -0.478 e. The van der Waals surface area contributed by atoms with E-state index in [-0.39, 0.29) is 6.79 Å². The molecular weight excluding hydrogens is 282 g/mol. The van der Waals surface area contributed by atoms with Crippen LogP contribution in [0.25, 0.3) is 10.8 Å². The lowest BCUT2D eigenvalue weighted by molar-refractivity contribution is 0.0697. The molecule has 0 atom stereocenters. The molecule has 0 spiro atoms. The number of carboxylic acids is 1. The Kier molecular flexibility index (Phi) is 2.79. The number of hydrogen-bond donors (Lipinski definition) is 1. The molecule has 0 amide bonds. The Balaban J connectivity index is 1.65. The third kappa shape index (κ3) is 2.16. The molecule has 2 heterocycles. The molecule has 0 saturated heterocycles. The van der Waals surface area contributed by atoms with Crippen LogP contribution in [-0.4, -0.2) is 22.4 Å². The van der Waals surface area contributed by atoms with Gasteiger partial charge >= 0.3 is 5.97 Å². The van der Waals surface area contributed by atoms with E-state index in [0.717, 1.165) is 27.8 Å². The molecule has 2 aromatic carbocycles. The highest BCUT2D eigenvalue weighted by molar-refractivity contribution is 5.94. The van der Waals surface area contributed by atoms with Gasteiger partial charge in [0.1, 0.15) is 0 Å². The van der Waals surface area contributed by atoms with Crippen LogP contribution in [0.1, 0.15) is 15.9 Å². The lowest BCUT2D eigenvalue weighted by Gasteiger charge is -2.04. The first-order valence-corrected chi connectivity index (χ1v) is 6.90. The Morgan fingerprint density at radius 3 is 2.73 bits per heavy atom. The van der Waals surface area contributed by atoms with Crippen molar-refractivity contribution >= 4 is 16.7 Å². The van der Waals surface area contributed by atoms with Gasteiger partial charge in [-0.1, -0.05) is 12.1 Å². The summed E-state index contributed by atoms with van der Waals surface area (Å²) < 4.78 is 12.7. The molecule has 5 heteroatoms. The maximum atomic E-state index is 11.0. The summed E-state index contributed by atoms with van der Waals surface area (Å²) in [5.74, 6) is 0.625. The molecule has 4 rings (SSSR count). The van der Waals surface area contributed by atoms with Crippen LogP contribution in [-0.2, 0) is 6.54 Å². The fraction of sp³-hybridized carbons (Fsp3) is 0.118. The van der Waals surface area contributed by atoms with E-state index in [2.05, 4.69) is 0 Å². The van der Waals surface area contributed by atoms with E-state index in [1.165, 1.54) is 0 Å². The zero-order valence-electron chi connectivity index (χ0n) is 11.7. The van der Waals surface area contributed by atoms with Gasteiger partial charge in [-0.3, -0.25) is 0 Å². The first-order valence-electron chi connectivity index (χ1n) is 6.90. The number of carbonyl (C=O) groups is 1. The summed E-state index contributed by atoms with van der Waals surface area (Å²) >= 11 is 0. The summed E-state index contributed by atoms with van der Waals surface area (Å²) in [6.45, 7) is 0.956. The molecule has 0 radical (unpaired) electrons. The normalized spacial score (nSPS) is 12.7. The highest BCUT2D eigenvalue weighted by Crippen LogP contribution is 2.32. The summed E-state index contributed by atoms with van der Waals surface area (Å²) in [6.07, 6.45) is 3.96. The number of aromatic carboxylic acids is 1. The predicted molar refractivity (Wildman–Crippen MR) is 80.6 cm³/mol. The summed E-state index contributed by atoms with van der Waals surface area (Å²) in [5.41, 5.74) is 1.40. The fourth-order valence-electron chi connectivity index (χ4n) is 2.67. The minimum atomic E-state index is -0.912. The van der Waals surface area contributed by atoms with E-state index >= 15 is 0 Å². The molecule has 110 valence electrons. The van der Waals surface area contributed by atoms with Crippen LogP contribution in [0.5, 0.6) is 11.5 Å². The van der Waals surface area contributed by atoms with Crippen LogP contribution in [0.15, 0.2) is 48.8 Å². The smallest absolute Gasteiger partial charge is 0.335 e. The highest BCUT2D eigenvalue weighted by Gasteiger charge is 2.13. The number of carboxylic acid groups (broad SMARTS) is 1. The van der Waals surface area contributed by atoms with Gasteiger partial charge in [-0.25, -0.2) is 4.79 Å². The molecule has 0 aliphatic carbocycles. The molecule has 22 heavy (non-hydrogen) atoms. The standard InChI is InChI=1S/C17H13NO4/c19-17(20)12-2-3-13-8-18(9-14(13)6-12)7-11-1-4-15-16(5-11)22-10-21-15/h1-6,8-9H,7,10H2,(H,19,20). The lowest BCUT2D eigenvalue weighted by atomic mass is 10.1. The van der Waals surface area contributed by atoms with Gasteiger partial charge in [0.15, 0.2) is 11.5 Å². The quantitative estimate of drug-likeness (QED) is 0.806. The predicted octanol–water partition coefficient (Wildman–Crippen LogP) is 3.12. The number of nitrogens with zero attached hydrogens (tertiary/aromatic N) is 1. The summed E-state index contributed by atoms with van der Waals surface area (Å²) in [6, 6.07) is 11.0. The molecule has 5 nitrogen and oxygen atoms in total. The van der Waals surface area contributed by atoms with Gasteiger partial charge in [0.25, 0.3) is 0 Å². The largest absolute Gasteiger partial charge is 0.478 e. The highest BCUT2D eigenvalue weighted by atomic mass is 16.7. The van der Waals surface area contributed by atoms with Crippen molar-refractivity contribution in [3.05, 3.63) is 59.9 Å². The molecular formula is C17H13NO4. The maximum Gasteiger partial charge on any atom is 0.335 e. The van der Waals surface area contributed by atoms with E-state index in [4.69, 9.17) is 14.6 Å². The Labute approximate surface area is 126 Å². The van der Waals surface area contributed by atoms with Crippen LogP contribution in [0.3, 0.4) is 0 Å². The fourth-order valence-corrected chi connectivity index (χ4v) is 2.67. The molecule has 1 N–H and O–H groups in total. The SMILES string of the molecule is O=C(O)c1ccc2cn(Cc3ccc4c(c3)OCO4)cc2c1. The molecule has 1 aromatic heterocycles. The van der Waals surface area contributed by atoms with Gasteiger partial charge in [0.2, 0.25) is 6.79 Å². The zero-order chi connectivity index (χ0) is 15.1. The number of rotatable bonds is 3. The molecule has 1 aliphatic rings. The number of hydrogen-bond acceptors (Lipinski definition) is 3. The van der Waals surface area contributed by atoms with Crippen molar-refractivity contribution in [2.24, 2.45) is 0 Å². The lowest BCUT2D eigenvalue weighted by Crippen LogP contribution is -1.96. The summed E-state index contributed by atoms with van der Waals surface area (Å²) in [7, 11) is 0. The Bertz CT molecular complexity index is 881. The average molecular weight is 295 g/mol. The molecule has 0 fully saturated rings. The first-order chi connectivity index (χ1) is 10.7. The topological polar surface area (TPSA) is 60.7 Å². The molecule has 0 bridgehead atoms. The van der Waals surface area contributed by atoms with Crippen molar-refractivity contribution in [3.63, 3.8) is 0 Å². The van der Waals surface area contributed by atoms with Crippen molar-refractivity contribution in [3.8, 4) is 11.5 Å². The molecule has 0 unspecified atom stereocenters. The minimum absolute atomic E-state index is 0.268. The number of ether oxygens (including phenoxy) is 2. The maximum absolute atomic E-state index is 11.0. The Hall–Kier alpha value is -2.95. The van der Waals surface area contributed by atoms with E-state index < -0.39 is 5.97 Å².